The van der Waals surface area contributed by atoms with E-state index in [1.54, 1.807) is 0 Å². The summed E-state index contributed by atoms with van der Waals surface area (Å²) in [5, 5.41) is 5.95. The van der Waals surface area contributed by atoms with E-state index in [0.717, 1.165) is 6.54 Å². The Kier molecular flexibility index (Phi) is 7.37. The molecule has 0 aromatic heterocycles. The van der Waals surface area contributed by atoms with Crippen molar-refractivity contribution in [2.45, 2.75) is 49.8 Å². The summed E-state index contributed by atoms with van der Waals surface area (Å²) in [6.45, 7) is 2.68. The first kappa shape index (κ1) is 17.3. The highest BCUT2D eigenvalue weighted by molar-refractivity contribution is 8.00. The molecule has 0 saturated heterocycles. The molecule has 0 aliphatic heterocycles. The van der Waals surface area contributed by atoms with E-state index in [-0.39, 0.29) is 10.7 Å². The molecule has 0 aromatic rings. The Bertz CT molecular complexity index is 330. The summed E-state index contributed by atoms with van der Waals surface area (Å²) in [5.41, 5.74) is 0. The standard InChI is InChI=1S/C14H26N2O3S/c1-11(17)16-12(13(18)19-2)9-15-10-14(20-3)7-5-4-6-8-14/h12,15H,4-10H2,1-3H3,(H,16,17). The lowest BCUT2D eigenvalue weighted by Crippen LogP contribution is -2.50. The molecule has 1 amide bonds. The van der Waals surface area contributed by atoms with Gasteiger partial charge in [0.05, 0.1) is 7.11 Å². The lowest BCUT2D eigenvalue weighted by atomic mass is 9.88. The van der Waals surface area contributed by atoms with Crippen LogP contribution in [0.2, 0.25) is 0 Å². The van der Waals surface area contributed by atoms with Crippen molar-refractivity contribution in [1.82, 2.24) is 10.6 Å². The van der Waals surface area contributed by atoms with Gasteiger partial charge in [-0.25, -0.2) is 4.79 Å². The van der Waals surface area contributed by atoms with Gasteiger partial charge in [0.15, 0.2) is 0 Å². The second-order valence-corrected chi connectivity index (χ2v) is 6.63. The number of nitrogens with one attached hydrogen (secondary N) is 2. The molecule has 2 N–H and O–H groups in total. The fourth-order valence-corrected chi connectivity index (χ4v) is 3.62. The summed E-state index contributed by atoms with van der Waals surface area (Å²) in [7, 11) is 1.33. The van der Waals surface area contributed by atoms with Gasteiger partial charge >= 0.3 is 5.97 Å². The van der Waals surface area contributed by atoms with Crippen LogP contribution in [-0.2, 0) is 14.3 Å². The first-order valence-corrected chi connectivity index (χ1v) is 8.36. The predicted octanol–water partition coefficient (Wildman–Crippen LogP) is 1.32. The van der Waals surface area contributed by atoms with Crippen molar-refractivity contribution in [3.63, 3.8) is 0 Å². The molecule has 0 bridgehead atoms. The highest BCUT2D eigenvalue weighted by Crippen LogP contribution is 2.37. The SMILES string of the molecule is COC(=O)C(CNCC1(SC)CCCCC1)NC(C)=O. The molecule has 1 saturated carbocycles. The van der Waals surface area contributed by atoms with Gasteiger partial charge in [-0.2, -0.15) is 11.8 Å². The Labute approximate surface area is 125 Å². The molecular weight excluding hydrogens is 276 g/mol. The minimum atomic E-state index is -0.611. The number of amides is 1. The number of esters is 1. The van der Waals surface area contributed by atoms with Crippen molar-refractivity contribution in [3.05, 3.63) is 0 Å². The second-order valence-electron chi connectivity index (χ2n) is 5.35. The number of hydrogen-bond acceptors (Lipinski definition) is 5. The quantitative estimate of drug-likeness (QED) is 0.694. The summed E-state index contributed by atoms with van der Waals surface area (Å²) >= 11 is 1.91. The molecule has 6 heteroatoms. The molecule has 5 nitrogen and oxygen atoms in total. The van der Waals surface area contributed by atoms with Gasteiger partial charge in [-0.1, -0.05) is 19.3 Å². The highest BCUT2D eigenvalue weighted by Gasteiger charge is 2.31. The van der Waals surface area contributed by atoms with E-state index in [1.807, 2.05) is 11.8 Å². The molecule has 1 atom stereocenters. The van der Waals surface area contributed by atoms with Crippen LogP contribution >= 0.6 is 11.8 Å². The zero-order chi connectivity index (χ0) is 15.0. The Hall–Kier alpha value is -0.750. The fourth-order valence-electron chi connectivity index (χ4n) is 2.67. The predicted molar refractivity (Wildman–Crippen MR) is 81.8 cm³/mol. The van der Waals surface area contributed by atoms with Crippen LogP contribution in [0.3, 0.4) is 0 Å². The van der Waals surface area contributed by atoms with E-state index in [2.05, 4.69) is 16.9 Å². The molecule has 1 unspecified atom stereocenters. The molecule has 1 aliphatic rings. The van der Waals surface area contributed by atoms with E-state index in [9.17, 15) is 9.59 Å². The molecule has 20 heavy (non-hydrogen) atoms. The van der Waals surface area contributed by atoms with E-state index < -0.39 is 12.0 Å². The maximum absolute atomic E-state index is 11.6. The number of carbonyl (C=O) groups excluding carboxylic acids is 2. The number of carbonyl (C=O) groups is 2. The number of hydrogen-bond donors (Lipinski definition) is 2. The highest BCUT2D eigenvalue weighted by atomic mass is 32.2. The van der Waals surface area contributed by atoms with E-state index >= 15 is 0 Å². The maximum atomic E-state index is 11.6. The number of ether oxygens (including phenoxy) is 1. The first-order chi connectivity index (χ1) is 9.53. The number of thioether (sulfide) groups is 1. The largest absolute Gasteiger partial charge is 0.467 e. The van der Waals surface area contributed by atoms with Gasteiger partial charge in [-0.3, -0.25) is 4.79 Å². The van der Waals surface area contributed by atoms with Crippen molar-refractivity contribution >= 4 is 23.6 Å². The fraction of sp³-hybridized carbons (Fsp3) is 0.857. The van der Waals surface area contributed by atoms with Gasteiger partial charge in [-0.05, 0) is 19.1 Å². The van der Waals surface area contributed by atoms with Gasteiger partial charge < -0.3 is 15.4 Å². The lowest BCUT2D eigenvalue weighted by molar-refractivity contribution is -0.144. The Balaban J connectivity index is 2.45. The van der Waals surface area contributed by atoms with Crippen molar-refractivity contribution in [2.75, 3.05) is 26.5 Å². The van der Waals surface area contributed by atoms with Crippen LogP contribution in [0.5, 0.6) is 0 Å². The molecule has 116 valence electrons. The van der Waals surface area contributed by atoms with Crippen LogP contribution < -0.4 is 10.6 Å². The number of methoxy groups -OCH3 is 1. The zero-order valence-electron chi connectivity index (χ0n) is 12.7. The minimum Gasteiger partial charge on any atom is -0.467 e. The lowest BCUT2D eigenvalue weighted by Gasteiger charge is -2.36. The van der Waals surface area contributed by atoms with Gasteiger partial charge in [0.2, 0.25) is 5.91 Å². The average molecular weight is 302 g/mol. The van der Waals surface area contributed by atoms with Gasteiger partial charge in [0.1, 0.15) is 6.04 Å². The Morgan fingerprint density at radius 3 is 2.45 bits per heavy atom. The summed E-state index contributed by atoms with van der Waals surface area (Å²) < 4.78 is 4.98. The second kappa shape index (κ2) is 8.52. The molecule has 0 aromatic carbocycles. The van der Waals surface area contributed by atoms with Crippen molar-refractivity contribution in [1.29, 1.82) is 0 Å². The van der Waals surface area contributed by atoms with Crippen LogP contribution in [-0.4, -0.2) is 49.1 Å². The van der Waals surface area contributed by atoms with E-state index in [4.69, 9.17) is 4.74 Å². The van der Waals surface area contributed by atoms with Crippen molar-refractivity contribution < 1.29 is 14.3 Å². The minimum absolute atomic E-state index is 0.223. The van der Waals surface area contributed by atoms with Crippen LogP contribution in [0.1, 0.15) is 39.0 Å². The summed E-state index contributed by atoms with van der Waals surface area (Å²) in [5.74, 6) is -0.631. The molecule has 0 heterocycles. The Morgan fingerprint density at radius 2 is 1.95 bits per heavy atom. The van der Waals surface area contributed by atoms with E-state index in [1.165, 1.54) is 46.1 Å². The van der Waals surface area contributed by atoms with E-state index in [0.29, 0.717) is 6.54 Å². The van der Waals surface area contributed by atoms with Gasteiger partial charge in [0.25, 0.3) is 0 Å². The summed E-state index contributed by atoms with van der Waals surface area (Å²) in [6.07, 6.45) is 8.44. The molecule has 1 fully saturated rings. The summed E-state index contributed by atoms with van der Waals surface area (Å²) in [4.78, 5) is 22.7. The third-order valence-corrected chi connectivity index (χ3v) is 5.28. The monoisotopic (exact) mass is 302 g/mol. The molecule has 0 spiro atoms. The van der Waals surface area contributed by atoms with Crippen LogP contribution in [0.25, 0.3) is 0 Å². The molecule has 0 radical (unpaired) electrons. The van der Waals surface area contributed by atoms with Gasteiger partial charge in [-0.15, -0.1) is 0 Å². The first-order valence-electron chi connectivity index (χ1n) is 7.14. The average Bonchev–Trinajstić information content (AvgIpc) is 2.46. The van der Waals surface area contributed by atoms with Gasteiger partial charge in [0, 0.05) is 24.8 Å². The number of rotatable bonds is 7. The zero-order valence-corrected chi connectivity index (χ0v) is 13.5. The molecule has 1 rings (SSSR count). The van der Waals surface area contributed by atoms with Crippen LogP contribution in [0, 0.1) is 0 Å². The van der Waals surface area contributed by atoms with Crippen LogP contribution in [0.4, 0.5) is 0 Å². The molecule has 1 aliphatic carbocycles. The smallest absolute Gasteiger partial charge is 0.329 e. The van der Waals surface area contributed by atoms with Crippen molar-refractivity contribution in [2.24, 2.45) is 0 Å². The van der Waals surface area contributed by atoms with Crippen LogP contribution in [0.15, 0.2) is 0 Å². The normalized spacial score (nSPS) is 19.1. The maximum Gasteiger partial charge on any atom is 0.329 e. The third kappa shape index (κ3) is 5.32. The topological polar surface area (TPSA) is 67.4 Å². The van der Waals surface area contributed by atoms with Crippen molar-refractivity contribution in [3.8, 4) is 0 Å². The Morgan fingerprint density at radius 1 is 1.30 bits per heavy atom. The summed E-state index contributed by atoms with van der Waals surface area (Å²) in [6, 6.07) is -0.611. The third-order valence-electron chi connectivity index (χ3n) is 3.86. The molecular formula is C14H26N2O3S.